The van der Waals surface area contributed by atoms with Crippen molar-refractivity contribution < 1.29 is 4.92 Å². The number of hydrogen-bond donors (Lipinski definition) is 0. The van der Waals surface area contributed by atoms with Crippen LogP contribution in [0.25, 0.3) is 5.69 Å². The van der Waals surface area contributed by atoms with Crippen molar-refractivity contribution in [1.29, 1.82) is 0 Å². The van der Waals surface area contributed by atoms with E-state index >= 15 is 0 Å². The molecule has 19 heavy (non-hydrogen) atoms. The predicted molar refractivity (Wildman–Crippen MR) is 81.7 cm³/mol. The first-order chi connectivity index (χ1) is 9.06. The maximum atomic E-state index is 11.2. The van der Waals surface area contributed by atoms with E-state index in [2.05, 4.69) is 27.7 Å². The number of hydrogen-bond acceptors (Lipinski definition) is 3. The smallest absolute Gasteiger partial charge is 0.258 e. The van der Waals surface area contributed by atoms with Gasteiger partial charge in [0.05, 0.1) is 10.6 Å². The molecule has 2 rings (SSSR count). The highest BCUT2D eigenvalue weighted by atomic mass is 127. The van der Waals surface area contributed by atoms with Crippen LogP contribution in [-0.4, -0.2) is 14.7 Å². The Morgan fingerprint density at radius 2 is 2.05 bits per heavy atom. The van der Waals surface area contributed by atoms with Gasteiger partial charge in [-0.25, -0.2) is 4.68 Å². The first-order valence-electron chi connectivity index (χ1n) is 6.09. The van der Waals surface area contributed by atoms with Crippen molar-refractivity contribution in [3.05, 3.63) is 49.3 Å². The van der Waals surface area contributed by atoms with E-state index in [1.54, 1.807) is 16.8 Å². The zero-order valence-corrected chi connectivity index (χ0v) is 12.9. The molecule has 0 saturated heterocycles. The fourth-order valence-electron chi connectivity index (χ4n) is 1.93. The van der Waals surface area contributed by atoms with Crippen molar-refractivity contribution in [2.75, 3.05) is 0 Å². The summed E-state index contributed by atoms with van der Waals surface area (Å²) in [5.74, 6) is 0. The van der Waals surface area contributed by atoms with Crippen LogP contribution in [-0.2, 0) is 12.8 Å². The third-order valence-electron chi connectivity index (χ3n) is 2.92. The number of aryl methyl sites for hydroxylation is 2. The molecule has 100 valence electrons. The number of aromatic nitrogens is 2. The molecule has 0 saturated carbocycles. The van der Waals surface area contributed by atoms with Crippen molar-refractivity contribution in [2.24, 2.45) is 0 Å². The minimum atomic E-state index is -0.357. The highest BCUT2D eigenvalue weighted by molar-refractivity contribution is 14.1. The Balaban J connectivity index is 2.64. The summed E-state index contributed by atoms with van der Waals surface area (Å²) in [6.45, 7) is 4.04. The van der Waals surface area contributed by atoms with Crippen molar-refractivity contribution in [3.8, 4) is 5.69 Å². The Hall–Kier alpha value is -1.44. The molecule has 0 spiro atoms. The number of nitro benzene ring substituents is 1. The zero-order chi connectivity index (χ0) is 14.0. The normalized spacial score (nSPS) is 10.7. The molecule has 0 amide bonds. The van der Waals surface area contributed by atoms with Crippen LogP contribution >= 0.6 is 22.6 Å². The summed E-state index contributed by atoms with van der Waals surface area (Å²) in [6.07, 6.45) is 1.61. The number of halogens is 1. The summed E-state index contributed by atoms with van der Waals surface area (Å²) < 4.78 is 2.53. The lowest BCUT2D eigenvalue weighted by molar-refractivity contribution is -0.384. The molecular weight excluding hydrogens is 357 g/mol. The highest BCUT2D eigenvalue weighted by Crippen LogP contribution is 2.26. The van der Waals surface area contributed by atoms with Crippen LogP contribution in [0.1, 0.15) is 25.2 Å². The monoisotopic (exact) mass is 371 g/mol. The lowest BCUT2D eigenvalue weighted by Crippen LogP contribution is -2.05. The average Bonchev–Trinajstić information content (AvgIpc) is 2.81. The van der Waals surface area contributed by atoms with Gasteiger partial charge in [0.1, 0.15) is 5.69 Å². The first kappa shape index (κ1) is 14.0. The fourth-order valence-corrected chi connectivity index (χ4v) is 2.40. The Bertz CT molecular complexity index is 622. The molecule has 0 N–H and O–H groups in total. The van der Waals surface area contributed by atoms with Gasteiger partial charge in [-0.1, -0.05) is 13.8 Å². The van der Waals surface area contributed by atoms with Gasteiger partial charge in [0.15, 0.2) is 0 Å². The topological polar surface area (TPSA) is 61.0 Å². The van der Waals surface area contributed by atoms with Gasteiger partial charge in [0.2, 0.25) is 0 Å². The van der Waals surface area contributed by atoms with Crippen LogP contribution < -0.4 is 0 Å². The summed E-state index contributed by atoms with van der Waals surface area (Å²) >= 11 is 2.07. The van der Waals surface area contributed by atoms with E-state index in [1.165, 1.54) is 0 Å². The lowest BCUT2D eigenvalue weighted by atomic mass is 10.2. The second kappa shape index (κ2) is 5.68. The Morgan fingerprint density at radius 3 is 2.63 bits per heavy atom. The molecule has 0 aliphatic heterocycles. The molecule has 0 radical (unpaired) electrons. The predicted octanol–water partition coefficient (Wildman–Crippen LogP) is 3.51. The van der Waals surface area contributed by atoms with Gasteiger partial charge in [-0.15, -0.1) is 0 Å². The third kappa shape index (κ3) is 2.78. The summed E-state index contributed by atoms with van der Waals surface area (Å²) in [5, 5.41) is 15.6. The maximum absolute atomic E-state index is 11.2. The minimum Gasteiger partial charge on any atom is -0.258 e. The summed E-state index contributed by atoms with van der Waals surface area (Å²) in [6, 6.07) is 7.19. The Morgan fingerprint density at radius 1 is 1.32 bits per heavy atom. The minimum absolute atomic E-state index is 0.0901. The largest absolute Gasteiger partial charge is 0.295 e. The van der Waals surface area contributed by atoms with Crippen LogP contribution in [0.4, 0.5) is 5.69 Å². The molecule has 1 aromatic carbocycles. The van der Waals surface area contributed by atoms with Crippen molar-refractivity contribution in [3.63, 3.8) is 0 Å². The van der Waals surface area contributed by atoms with Gasteiger partial charge in [0.25, 0.3) is 5.69 Å². The highest BCUT2D eigenvalue weighted by Gasteiger charge is 2.19. The lowest BCUT2D eigenvalue weighted by Gasteiger charge is -2.07. The molecule has 6 heteroatoms. The zero-order valence-electron chi connectivity index (χ0n) is 10.8. The molecular formula is C13H14IN3O2. The van der Waals surface area contributed by atoms with Crippen LogP contribution in [0.15, 0.2) is 24.3 Å². The van der Waals surface area contributed by atoms with Crippen LogP contribution in [0, 0.1) is 13.7 Å². The average molecular weight is 371 g/mol. The number of benzene rings is 1. The molecule has 0 bridgehead atoms. The number of rotatable bonds is 4. The molecule has 0 aliphatic rings. The Labute approximate surface area is 124 Å². The van der Waals surface area contributed by atoms with Crippen LogP contribution in [0.2, 0.25) is 0 Å². The van der Waals surface area contributed by atoms with Gasteiger partial charge < -0.3 is 0 Å². The maximum Gasteiger partial charge on any atom is 0.295 e. The summed E-state index contributed by atoms with van der Waals surface area (Å²) in [5.41, 5.74) is 2.56. The van der Waals surface area contributed by atoms with E-state index in [1.807, 2.05) is 26.0 Å². The molecule has 0 unspecified atom stereocenters. The molecule has 0 fully saturated rings. The summed E-state index contributed by atoms with van der Waals surface area (Å²) in [7, 11) is 0. The molecule has 5 nitrogen and oxygen atoms in total. The number of nitrogens with zero attached hydrogens (tertiary/aromatic N) is 3. The fraction of sp³-hybridized carbons (Fsp3) is 0.308. The van der Waals surface area contributed by atoms with E-state index in [-0.39, 0.29) is 10.6 Å². The molecule has 1 heterocycles. The van der Waals surface area contributed by atoms with E-state index < -0.39 is 0 Å². The van der Waals surface area contributed by atoms with E-state index in [0.29, 0.717) is 5.69 Å². The van der Waals surface area contributed by atoms with E-state index in [0.717, 1.165) is 27.8 Å². The quantitative estimate of drug-likeness (QED) is 0.470. The third-order valence-corrected chi connectivity index (χ3v) is 3.59. The molecule has 0 aliphatic carbocycles. The van der Waals surface area contributed by atoms with Crippen LogP contribution in [0.5, 0.6) is 0 Å². The molecule has 2 aromatic rings. The standard InChI is InChI=1S/C13H14IN3O2/c1-3-10-8-11(4-2)16(15-10)12-6-5-9(14)7-13(12)17(18)19/h5-8H,3-4H2,1-2H3. The second-order valence-electron chi connectivity index (χ2n) is 4.14. The van der Waals surface area contributed by atoms with E-state index in [4.69, 9.17) is 0 Å². The molecule has 1 aromatic heterocycles. The summed E-state index contributed by atoms with van der Waals surface area (Å²) in [4.78, 5) is 10.8. The van der Waals surface area contributed by atoms with Gasteiger partial charge in [-0.05, 0) is 53.6 Å². The number of nitro groups is 1. The van der Waals surface area contributed by atoms with Crippen molar-refractivity contribution in [2.45, 2.75) is 26.7 Å². The Kier molecular flexibility index (Phi) is 4.18. The van der Waals surface area contributed by atoms with Gasteiger partial charge in [-0.2, -0.15) is 5.10 Å². The van der Waals surface area contributed by atoms with Crippen LogP contribution in [0.3, 0.4) is 0 Å². The van der Waals surface area contributed by atoms with E-state index in [9.17, 15) is 10.1 Å². The van der Waals surface area contributed by atoms with Gasteiger partial charge in [0, 0.05) is 15.3 Å². The van der Waals surface area contributed by atoms with Crippen molar-refractivity contribution in [1.82, 2.24) is 9.78 Å². The SMILES string of the molecule is CCc1cc(CC)n(-c2ccc(I)cc2[N+](=O)[O-])n1. The second-order valence-corrected chi connectivity index (χ2v) is 5.38. The van der Waals surface area contributed by atoms with Gasteiger partial charge in [-0.3, -0.25) is 10.1 Å². The van der Waals surface area contributed by atoms with Gasteiger partial charge >= 0.3 is 0 Å². The molecule has 0 atom stereocenters. The first-order valence-corrected chi connectivity index (χ1v) is 7.16. The van der Waals surface area contributed by atoms with Crippen molar-refractivity contribution >= 4 is 28.3 Å².